The number of rotatable bonds is 4. The molecule has 2 aromatic carbocycles. The zero-order valence-electron chi connectivity index (χ0n) is 13.0. The maximum absolute atomic E-state index is 12.6. The Labute approximate surface area is 146 Å². The van der Waals surface area contributed by atoms with E-state index in [4.69, 9.17) is 11.6 Å². The summed E-state index contributed by atoms with van der Waals surface area (Å²) in [6.07, 6.45) is 0.385. The lowest BCUT2D eigenvalue weighted by Crippen LogP contribution is -2.35. The summed E-state index contributed by atoms with van der Waals surface area (Å²) in [6.45, 7) is 0. The van der Waals surface area contributed by atoms with Gasteiger partial charge in [0.05, 0.1) is 23.5 Å². The monoisotopic (exact) mass is 363 g/mol. The first-order valence-electron chi connectivity index (χ1n) is 7.76. The minimum atomic E-state index is -3.09. The highest BCUT2D eigenvalue weighted by Gasteiger charge is 2.34. The second-order valence-corrected chi connectivity index (χ2v) is 8.67. The first kappa shape index (κ1) is 17.0. The number of sulfone groups is 1. The van der Waals surface area contributed by atoms with E-state index in [1.54, 1.807) is 12.1 Å². The minimum absolute atomic E-state index is 0.0685. The van der Waals surface area contributed by atoms with E-state index < -0.39 is 15.8 Å². The molecule has 1 aliphatic rings. The number of benzene rings is 2. The van der Waals surface area contributed by atoms with E-state index in [0.717, 1.165) is 11.1 Å². The van der Waals surface area contributed by atoms with Crippen molar-refractivity contribution in [2.24, 2.45) is 5.92 Å². The van der Waals surface area contributed by atoms with Gasteiger partial charge in [-0.2, -0.15) is 0 Å². The smallest absolute Gasteiger partial charge is 0.224 e. The molecule has 1 fully saturated rings. The molecule has 4 nitrogen and oxygen atoms in total. The molecule has 0 aromatic heterocycles. The van der Waals surface area contributed by atoms with Crippen LogP contribution in [0, 0.1) is 5.92 Å². The fraction of sp³-hybridized carbons (Fsp3) is 0.278. The SMILES string of the molecule is O=C(N[C@@H](c1ccccc1)c1ccc(Cl)cc1)[C@@H]1CCS(=O)(=O)C1. The van der Waals surface area contributed by atoms with Crippen molar-refractivity contribution in [1.82, 2.24) is 5.32 Å². The summed E-state index contributed by atoms with van der Waals surface area (Å²) in [4.78, 5) is 12.6. The van der Waals surface area contributed by atoms with Crippen LogP contribution in [0.5, 0.6) is 0 Å². The standard InChI is InChI=1S/C18H18ClNO3S/c19-16-8-6-14(7-9-16)17(13-4-2-1-3-5-13)20-18(21)15-10-11-24(22,23)12-15/h1-9,15,17H,10-12H2,(H,20,21)/t15-,17+/m1/s1. The highest BCUT2D eigenvalue weighted by atomic mass is 35.5. The van der Waals surface area contributed by atoms with Crippen LogP contribution in [-0.4, -0.2) is 25.8 Å². The first-order chi connectivity index (χ1) is 11.4. The van der Waals surface area contributed by atoms with Gasteiger partial charge >= 0.3 is 0 Å². The zero-order valence-corrected chi connectivity index (χ0v) is 14.6. The Morgan fingerprint density at radius 1 is 1.04 bits per heavy atom. The highest BCUT2D eigenvalue weighted by Crippen LogP contribution is 2.26. The quantitative estimate of drug-likeness (QED) is 0.908. The molecule has 0 unspecified atom stereocenters. The molecule has 1 heterocycles. The Morgan fingerprint density at radius 2 is 1.67 bits per heavy atom. The van der Waals surface area contributed by atoms with Crippen molar-refractivity contribution in [2.75, 3.05) is 11.5 Å². The normalized spacial score (nSPS) is 20.5. The third-order valence-corrected chi connectivity index (χ3v) is 6.25. The first-order valence-corrected chi connectivity index (χ1v) is 9.96. The molecule has 2 atom stereocenters. The van der Waals surface area contributed by atoms with Crippen LogP contribution in [0.3, 0.4) is 0 Å². The van der Waals surface area contributed by atoms with Gasteiger partial charge in [-0.05, 0) is 29.7 Å². The number of carbonyl (C=O) groups excluding carboxylic acids is 1. The molecule has 1 N–H and O–H groups in total. The fourth-order valence-electron chi connectivity index (χ4n) is 2.92. The molecule has 0 saturated carbocycles. The summed E-state index contributed by atoms with van der Waals surface area (Å²) in [5.41, 5.74) is 1.84. The van der Waals surface area contributed by atoms with Crippen molar-refractivity contribution >= 4 is 27.3 Å². The molecule has 3 rings (SSSR count). The Hall–Kier alpha value is -1.85. The van der Waals surface area contributed by atoms with Crippen LogP contribution in [-0.2, 0) is 14.6 Å². The summed E-state index contributed by atoms with van der Waals surface area (Å²) >= 11 is 5.95. The Bertz CT molecular complexity index is 819. The van der Waals surface area contributed by atoms with Crippen molar-refractivity contribution in [1.29, 1.82) is 0 Å². The van der Waals surface area contributed by atoms with Crippen LogP contribution in [0.25, 0.3) is 0 Å². The Balaban J connectivity index is 1.85. The molecule has 24 heavy (non-hydrogen) atoms. The lowest BCUT2D eigenvalue weighted by Gasteiger charge is -2.21. The van der Waals surface area contributed by atoms with Gasteiger partial charge in [-0.15, -0.1) is 0 Å². The summed E-state index contributed by atoms with van der Waals surface area (Å²) < 4.78 is 23.2. The molecule has 0 aliphatic carbocycles. The molecule has 0 radical (unpaired) electrons. The third kappa shape index (κ3) is 3.97. The molecular formula is C18H18ClNO3S. The lowest BCUT2D eigenvalue weighted by atomic mass is 9.97. The molecule has 6 heteroatoms. The van der Waals surface area contributed by atoms with Crippen molar-refractivity contribution in [2.45, 2.75) is 12.5 Å². The molecule has 2 aromatic rings. The minimum Gasteiger partial charge on any atom is -0.345 e. The van der Waals surface area contributed by atoms with Crippen molar-refractivity contribution < 1.29 is 13.2 Å². The van der Waals surface area contributed by atoms with E-state index in [9.17, 15) is 13.2 Å². The van der Waals surface area contributed by atoms with Crippen LogP contribution in [0.15, 0.2) is 54.6 Å². The van der Waals surface area contributed by atoms with E-state index >= 15 is 0 Å². The Kier molecular flexibility index (Phi) is 4.92. The van der Waals surface area contributed by atoms with Gasteiger partial charge in [0.15, 0.2) is 9.84 Å². The van der Waals surface area contributed by atoms with Crippen LogP contribution >= 0.6 is 11.6 Å². The van der Waals surface area contributed by atoms with Gasteiger partial charge in [0, 0.05) is 5.02 Å². The summed E-state index contributed by atoms with van der Waals surface area (Å²) in [6, 6.07) is 16.5. The molecule has 0 bridgehead atoms. The van der Waals surface area contributed by atoms with E-state index in [0.29, 0.717) is 11.4 Å². The molecule has 1 aliphatic heterocycles. The number of hydrogen-bond acceptors (Lipinski definition) is 3. The Morgan fingerprint density at radius 3 is 2.25 bits per heavy atom. The number of carbonyl (C=O) groups is 1. The summed E-state index contributed by atoms with van der Waals surface area (Å²) in [7, 11) is -3.09. The highest BCUT2D eigenvalue weighted by molar-refractivity contribution is 7.91. The van der Waals surface area contributed by atoms with Crippen LogP contribution < -0.4 is 5.32 Å². The molecule has 1 amide bonds. The van der Waals surface area contributed by atoms with E-state index in [1.807, 2.05) is 42.5 Å². The van der Waals surface area contributed by atoms with Gasteiger partial charge in [0.1, 0.15) is 0 Å². The maximum atomic E-state index is 12.6. The molecule has 126 valence electrons. The average Bonchev–Trinajstić information content (AvgIpc) is 2.94. The largest absolute Gasteiger partial charge is 0.345 e. The lowest BCUT2D eigenvalue weighted by molar-refractivity contribution is -0.124. The van der Waals surface area contributed by atoms with Crippen LogP contribution in [0.2, 0.25) is 5.02 Å². The third-order valence-electron chi connectivity index (χ3n) is 4.23. The number of nitrogens with one attached hydrogen (secondary N) is 1. The number of halogens is 1. The van der Waals surface area contributed by atoms with Crippen molar-refractivity contribution in [3.63, 3.8) is 0 Å². The predicted octanol–water partition coefficient (Wildman–Crippen LogP) is 2.98. The summed E-state index contributed by atoms with van der Waals surface area (Å²) in [5, 5.41) is 3.63. The fourth-order valence-corrected chi connectivity index (χ4v) is 4.79. The van der Waals surface area contributed by atoms with Gasteiger partial charge in [0.25, 0.3) is 0 Å². The van der Waals surface area contributed by atoms with Gasteiger partial charge in [0.2, 0.25) is 5.91 Å². The van der Waals surface area contributed by atoms with Crippen LogP contribution in [0.4, 0.5) is 0 Å². The van der Waals surface area contributed by atoms with Gasteiger partial charge < -0.3 is 5.32 Å². The van der Waals surface area contributed by atoms with E-state index in [-0.39, 0.29) is 23.5 Å². The van der Waals surface area contributed by atoms with Crippen molar-refractivity contribution in [3.05, 3.63) is 70.7 Å². The molecular weight excluding hydrogens is 346 g/mol. The van der Waals surface area contributed by atoms with Crippen molar-refractivity contribution in [3.8, 4) is 0 Å². The zero-order chi connectivity index (χ0) is 17.2. The maximum Gasteiger partial charge on any atom is 0.224 e. The van der Waals surface area contributed by atoms with E-state index in [1.165, 1.54) is 0 Å². The topological polar surface area (TPSA) is 63.2 Å². The van der Waals surface area contributed by atoms with Gasteiger partial charge in [-0.1, -0.05) is 54.1 Å². The number of hydrogen-bond donors (Lipinski definition) is 1. The summed E-state index contributed by atoms with van der Waals surface area (Å²) in [5.74, 6) is -0.684. The second-order valence-electron chi connectivity index (χ2n) is 6.00. The molecule has 0 spiro atoms. The van der Waals surface area contributed by atoms with Gasteiger partial charge in [-0.3, -0.25) is 4.79 Å². The number of amides is 1. The second kappa shape index (κ2) is 6.95. The predicted molar refractivity (Wildman–Crippen MR) is 94.6 cm³/mol. The molecule has 1 saturated heterocycles. The average molecular weight is 364 g/mol. The van der Waals surface area contributed by atoms with Gasteiger partial charge in [-0.25, -0.2) is 8.42 Å². The van der Waals surface area contributed by atoms with Crippen LogP contribution in [0.1, 0.15) is 23.6 Å². The van der Waals surface area contributed by atoms with E-state index in [2.05, 4.69) is 5.32 Å².